The van der Waals surface area contributed by atoms with Crippen LogP contribution in [0.15, 0.2) is 53.5 Å². The molecule has 0 bridgehead atoms. The van der Waals surface area contributed by atoms with Crippen LogP contribution in [0.25, 0.3) is 0 Å². The first-order valence-electron chi connectivity index (χ1n) is 10.3. The smallest absolute Gasteiger partial charge is 0.279 e. The maximum atomic E-state index is 12.7. The summed E-state index contributed by atoms with van der Waals surface area (Å²) in [5, 5.41) is 0.510. The Hall–Kier alpha value is -2.70. The lowest BCUT2D eigenvalue weighted by Crippen LogP contribution is -2.27. The summed E-state index contributed by atoms with van der Waals surface area (Å²) in [6.45, 7) is 6.32. The van der Waals surface area contributed by atoms with E-state index in [2.05, 4.69) is 4.99 Å². The summed E-state index contributed by atoms with van der Waals surface area (Å²) in [6.07, 6.45) is 2.16. The quantitative estimate of drug-likeness (QED) is 0.567. The number of thiazole rings is 1. The molecular weight excluding hydrogens is 430 g/mol. The van der Waals surface area contributed by atoms with Gasteiger partial charge in [0, 0.05) is 39.8 Å². The fourth-order valence-corrected chi connectivity index (χ4v) is 4.84. The van der Waals surface area contributed by atoms with Crippen LogP contribution in [0, 0.1) is 13.8 Å². The highest BCUT2D eigenvalue weighted by molar-refractivity contribution is 7.09. The fraction of sp³-hybridized carbons (Fsp3) is 0.292. The molecule has 0 radical (unpaired) electrons. The van der Waals surface area contributed by atoms with Crippen molar-refractivity contribution >= 4 is 34.8 Å². The molecule has 3 aromatic rings. The van der Waals surface area contributed by atoms with Crippen molar-refractivity contribution in [3.8, 4) is 0 Å². The molecule has 1 fully saturated rings. The number of carbonyl (C=O) groups excluding carboxylic acids is 2. The fourth-order valence-electron chi connectivity index (χ4n) is 3.68. The number of halogens is 1. The van der Waals surface area contributed by atoms with Crippen LogP contribution in [0.4, 0.5) is 0 Å². The summed E-state index contributed by atoms with van der Waals surface area (Å²) >= 11 is 7.51. The maximum absolute atomic E-state index is 12.7. The normalized spacial score (nSPS) is 14.3. The van der Waals surface area contributed by atoms with E-state index in [1.807, 2.05) is 47.6 Å². The highest BCUT2D eigenvalue weighted by atomic mass is 35.5. The number of likely N-dealkylation sites (tertiary alicyclic amines) is 1. The van der Waals surface area contributed by atoms with E-state index in [0.29, 0.717) is 21.9 Å². The molecule has 2 amide bonds. The molecule has 1 aliphatic heterocycles. The first-order chi connectivity index (χ1) is 14.9. The molecule has 0 N–H and O–H groups in total. The van der Waals surface area contributed by atoms with Crippen molar-refractivity contribution in [2.24, 2.45) is 4.99 Å². The molecule has 2 heterocycles. The Morgan fingerprint density at radius 2 is 1.74 bits per heavy atom. The SMILES string of the molecule is Cc1sc(=NC(=O)c2cccc(Cl)c2)n(Cc2ccc(C(=O)N3CCCC3)cc2)c1C. The summed E-state index contributed by atoms with van der Waals surface area (Å²) in [7, 11) is 0. The Bertz CT molecular complexity index is 1190. The van der Waals surface area contributed by atoms with Crippen molar-refractivity contribution in [1.29, 1.82) is 0 Å². The van der Waals surface area contributed by atoms with Crippen LogP contribution < -0.4 is 4.80 Å². The Kier molecular flexibility index (Phi) is 6.39. The van der Waals surface area contributed by atoms with Gasteiger partial charge in [0.2, 0.25) is 0 Å². The van der Waals surface area contributed by atoms with Gasteiger partial charge in [0.25, 0.3) is 11.8 Å². The zero-order valence-electron chi connectivity index (χ0n) is 17.6. The predicted molar refractivity (Wildman–Crippen MR) is 124 cm³/mol. The molecule has 160 valence electrons. The van der Waals surface area contributed by atoms with Gasteiger partial charge in [0.15, 0.2) is 4.80 Å². The maximum Gasteiger partial charge on any atom is 0.279 e. The molecule has 0 unspecified atom stereocenters. The lowest BCUT2D eigenvalue weighted by atomic mass is 10.1. The summed E-state index contributed by atoms with van der Waals surface area (Å²) < 4.78 is 2.04. The van der Waals surface area contributed by atoms with E-state index in [4.69, 9.17) is 11.6 Å². The van der Waals surface area contributed by atoms with Gasteiger partial charge < -0.3 is 9.47 Å². The third-order valence-corrected chi connectivity index (χ3v) is 6.92. The summed E-state index contributed by atoms with van der Waals surface area (Å²) in [4.78, 5) is 33.3. The van der Waals surface area contributed by atoms with Gasteiger partial charge in [0.1, 0.15) is 0 Å². The third kappa shape index (κ3) is 4.81. The minimum atomic E-state index is -0.316. The van der Waals surface area contributed by atoms with Gasteiger partial charge in [-0.05, 0) is 62.6 Å². The second kappa shape index (κ2) is 9.20. The number of benzene rings is 2. The van der Waals surface area contributed by atoms with Crippen LogP contribution in [-0.2, 0) is 6.54 Å². The van der Waals surface area contributed by atoms with E-state index in [0.717, 1.165) is 47.6 Å². The number of amides is 2. The van der Waals surface area contributed by atoms with E-state index in [1.165, 1.54) is 11.3 Å². The number of nitrogens with zero attached hydrogens (tertiary/aromatic N) is 3. The van der Waals surface area contributed by atoms with Gasteiger partial charge in [-0.15, -0.1) is 11.3 Å². The molecule has 1 saturated heterocycles. The van der Waals surface area contributed by atoms with Gasteiger partial charge in [0.05, 0.1) is 6.54 Å². The molecule has 5 nitrogen and oxygen atoms in total. The number of hydrogen-bond donors (Lipinski definition) is 0. The van der Waals surface area contributed by atoms with Gasteiger partial charge in [-0.2, -0.15) is 4.99 Å². The molecule has 2 aromatic carbocycles. The van der Waals surface area contributed by atoms with E-state index in [-0.39, 0.29) is 11.8 Å². The van der Waals surface area contributed by atoms with Crippen LogP contribution in [0.5, 0.6) is 0 Å². The predicted octanol–water partition coefficient (Wildman–Crippen LogP) is 4.85. The second-order valence-corrected chi connectivity index (χ2v) is 9.35. The molecular formula is C24H24ClN3O2S. The first kappa shape index (κ1) is 21.5. The summed E-state index contributed by atoms with van der Waals surface area (Å²) in [5.41, 5.74) is 3.30. The molecule has 4 rings (SSSR count). The molecule has 7 heteroatoms. The zero-order valence-corrected chi connectivity index (χ0v) is 19.2. The minimum absolute atomic E-state index is 0.0991. The number of carbonyl (C=O) groups is 2. The van der Waals surface area contributed by atoms with Crippen LogP contribution in [0.3, 0.4) is 0 Å². The number of aromatic nitrogens is 1. The van der Waals surface area contributed by atoms with E-state index in [1.54, 1.807) is 24.3 Å². The Morgan fingerprint density at radius 3 is 2.42 bits per heavy atom. The van der Waals surface area contributed by atoms with Crippen LogP contribution in [0.1, 0.15) is 49.7 Å². The molecule has 0 saturated carbocycles. The van der Waals surface area contributed by atoms with Crippen LogP contribution >= 0.6 is 22.9 Å². The van der Waals surface area contributed by atoms with Crippen molar-refractivity contribution < 1.29 is 9.59 Å². The van der Waals surface area contributed by atoms with Crippen LogP contribution in [0.2, 0.25) is 5.02 Å². The largest absolute Gasteiger partial charge is 0.339 e. The van der Waals surface area contributed by atoms with E-state index >= 15 is 0 Å². The van der Waals surface area contributed by atoms with Gasteiger partial charge in [-0.3, -0.25) is 9.59 Å². The van der Waals surface area contributed by atoms with Gasteiger partial charge in [-0.1, -0.05) is 29.8 Å². The standard InChI is InChI=1S/C24H24ClN3O2S/c1-16-17(2)31-24(26-22(29)20-6-5-7-21(25)14-20)28(16)15-18-8-10-19(11-9-18)23(30)27-12-3-4-13-27/h5-11,14H,3-4,12-13,15H2,1-2H3. The Balaban J connectivity index is 1.59. The van der Waals surface area contributed by atoms with E-state index in [9.17, 15) is 9.59 Å². The van der Waals surface area contributed by atoms with Gasteiger partial charge in [-0.25, -0.2) is 0 Å². The highest BCUT2D eigenvalue weighted by Crippen LogP contribution is 2.17. The molecule has 31 heavy (non-hydrogen) atoms. The monoisotopic (exact) mass is 453 g/mol. The van der Waals surface area contributed by atoms with Crippen molar-refractivity contribution in [1.82, 2.24) is 9.47 Å². The third-order valence-electron chi connectivity index (χ3n) is 5.59. The Labute approximate surface area is 190 Å². The summed E-state index contributed by atoms with van der Waals surface area (Å²) in [5.74, 6) is -0.217. The molecule has 0 atom stereocenters. The van der Waals surface area contributed by atoms with Crippen molar-refractivity contribution in [3.63, 3.8) is 0 Å². The topological polar surface area (TPSA) is 54.7 Å². The van der Waals surface area contributed by atoms with Crippen LogP contribution in [-0.4, -0.2) is 34.4 Å². The number of rotatable bonds is 4. The summed E-state index contributed by atoms with van der Waals surface area (Å²) in [6, 6.07) is 14.5. The first-order valence-corrected chi connectivity index (χ1v) is 11.5. The van der Waals surface area contributed by atoms with Gasteiger partial charge >= 0.3 is 0 Å². The van der Waals surface area contributed by atoms with E-state index < -0.39 is 0 Å². The lowest BCUT2D eigenvalue weighted by molar-refractivity contribution is 0.0792. The number of hydrogen-bond acceptors (Lipinski definition) is 3. The highest BCUT2D eigenvalue weighted by Gasteiger charge is 2.19. The molecule has 0 spiro atoms. The molecule has 1 aliphatic rings. The molecule has 1 aromatic heterocycles. The lowest BCUT2D eigenvalue weighted by Gasteiger charge is -2.15. The molecule has 0 aliphatic carbocycles. The second-order valence-electron chi connectivity index (χ2n) is 7.74. The average Bonchev–Trinajstić information content (AvgIpc) is 3.39. The van der Waals surface area contributed by atoms with Crippen molar-refractivity contribution in [2.75, 3.05) is 13.1 Å². The van der Waals surface area contributed by atoms with Crippen molar-refractivity contribution in [2.45, 2.75) is 33.2 Å². The zero-order chi connectivity index (χ0) is 22.0. The minimum Gasteiger partial charge on any atom is -0.339 e. The number of aryl methyl sites for hydroxylation is 1. The van der Waals surface area contributed by atoms with Crippen molar-refractivity contribution in [3.05, 3.63) is 85.6 Å². The average molecular weight is 454 g/mol. The Morgan fingerprint density at radius 1 is 1.03 bits per heavy atom.